The second-order valence-electron chi connectivity index (χ2n) is 17.7. The lowest BCUT2D eigenvalue weighted by Crippen LogP contribution is -2.44. The summed E-state index contributed by atoms with van der Waals surface area (Å²) in [5.41, 5.74) is 2.28. The molecule has 1 fully saturated rings. The van der Waals surface area contributed by atoms with Gasteiger partial charge < -0.3 is 37.5 Å². The van der Waals surface area contributed by atoms with Crippen molar-refractivity contribution in [3.8, 4) is 46.1 Å². The minimum absolute atomic E-state index is 0.0207. The van der Waals surface area contributed by atoms with Gasteiger partial charge in [0.2, 0.25) is 0 Å². The number of benzene rings is 3. The van der Waals surface area contributed by atoms with Crippen LogP contribution in [-0.4, -0.2) is 100 Å². The molecule has 1 unspecified atom stereocenters. The number of aromatic nitrogens is 5. The van der Waals surface area contributed by atoms with Crippen LogP contribution in [0.25, 0.3) is 22.8 Å². The van der Waals surface area contributed by atoms with Gasteiger partial charge in [-0.2, -0.15) is 5.26 Å². The smallest absolute Gasteiger partial charge is 0.330 e. The number of nitrogens with zero attached hydrogens (tertiary/aromatic N) is 6. The van der Waals surface area contributed by atoms with Crippen LogP contribution < -0.4 is 25.5 Å². The third-order valence-electron chi connectivity index (χ3n) is 12.2. The van der Waals surface area contributed by atoms with Crippen LogP contribution in [0.5, 0.6) is 17.2 Å². The van der Waals surface area contributed by atoms with Crippen LogP contribution in [0.4, 0.5) is 0 Å². The number of aromatic amines is 1. The number of methoxy groups -OCH3 is 2. The molecule has 17 nitrogen and oxygen atoms in total. The minimum Gasteiger partial charge on any atom is -0.497 e. The molecule has 8 rings (SSSR count). The Morgan fingerprint density at radius 3 is 1.82 bits per heavy atom. The summed E-state index contributed by atoms with van der Waals surface area (Å²) in [7, 11) is 1.30. The number of ether oxygens (including phenoxy) is 6. The number of nitriles is 1. The Morgan fingerprint density at radius 2 is 1.30 bits per heavy atom. The van der Waals surface area contributed by atoms with Crippen molar-refractivity contribution in [2.75, 3.05) is 40.6 Å². The van der Waals surface area contributed by atoms with Gasteiger partial charge in [-0.25, -0.2) is 14.4 Å². The molecular weight excluding hydrogens is 962 g/mol. The first-order valence-electron chi connectivity index (χ1n) is 24.3. The average molecular weight is 1020 g/mol. The summed E-state index contributed by atoms with van der Waals surface area (Å²) in [6.07, 6.45) is 0.724. The van der Waals surface area contributed by atoms with Crippen molar-refractivity contribution in [1.29, 1.82) is 5.26 Å². The number of hydrogen-bond donors (Lipinski definition) is 1. The lowest BCUT2D eigenvalue weighted by molar-refractivity contribution is -0.0984. The van der Waals surface area contributed by atoms with Gasteiger partial charge in [-0.3, -0.25) is 24.3 Å². The second-order valence-corrected chi connectivity index (χ2v) is 19.1. The van der Waals surface area contributed by atoms with E-state index in [2.05, 4.69) is 25.7 Å². The molecule has 5 heterocycles. The van der Waals surface area contributed by atoms with Gasteiger partial charge in [0.05, 0.1) is 69.3 Å². The standard InChI is InChI=1S/C56H60N7O10P/c1-38(2)63(39(3)4)74(71-32-14-28-57)73-52-50(37-70-56(40-15-8-7-9-16-40,41-19-23-43(66-5)24-20-41)42-21-25-44(67-6)26-22-42)72-54(62-31-27-51(64)61-55(62)65)53(52)69-34-33-68-45-35-48(46-17-10-12-29-58-46)60-49(36-45)47-18-11-13-30-59-47/h7-13,15-27,29-31,35-36,38-39,50,52-54H,14,32-34,37H2,1-6H3,(H,61,64,65)/t50-,52-,53-,54-,74?/m1/s1. The van der Waals surface area contributed by atoms with Crippen molar-refractivity contribution in [1.82, 2.24) is 29.2 Å². The molecule has 0 aliphatic carbocycles. The quantitative estimate of drug-likeness (QED) is 0.0342. The highest BCUT2D eigenvalue weighted by Gasteiger charge is 2.51. The van der Waals surface area contributed by atoms with Crippen molar-refractivity contribution in [3.63, 3.8) is 0 Å². The van der Waals surface area contributed by atoms with E-state index >= 15 is 0 Å². The van der Waals surface area contributed by atoms with Gasteiger partial charge in [-0.15, -0.1) is 0 Å². The Hall–Kier alpha value is -7.13. The van der Waals surface area contributed by atoms with Crippen molar-refractivity contribution < 1.29 is 37.5 Å². The van der Waals surface area contributed by atoms with Crippen LogP contribution >= 0.6 is 8.53 Å². The van der Waals surface area contributed by atoms with Crippen molar-refractivity contribution in [2.45, 2.75) is 76.3 Å². The van der Waals surface area contributed by atoms with Crippen LogP contribution in [0.2, 0.25) is 0 Å². The molecule has 3 aromatic carbocycles. The van der Waals surface area contributed by atoms with Gasteiger partial charge >= 0.3 is 5.69 Å². The average Bonchev–Trinajstić information content (AvgIpc) is 3.76. The molecule has 18 heteroatoms. The molecule has 1 N–H and O–H groups in total. The minimum atomic E-state index is -1.92. The molecule has 74 heavy (non-hydrogen) atoms. The molecule has 1 aliphatic rings. The topological polar surface area (TPSA) is 194 Å². The predicted molar refractivity (Wildman–Crippen MR) is 280 cm³/mol. The summed E-state index contributed by atoms with van der Waals surface area (Å²) in [6.45, 7) is 8.15. The maximum Gasteiger partial charge on any atom is 0.330 e. The molecular formula is C56H60N7O10P. The van der Waals surface area contributed by atoms with E-state index in [0.29, 0.717) is 40.0 Å². The molecule has 5 atom stereocenters. The molecule has 4 aromatic heterocycles. The summed E-state index contributed by atoms with van der Waals surface area (Å²) >= 11 is 0. The van der Waals surface area contributed by atoms with Gasteiger partial charge in [-0.05, 0) is 92.9 Å². The summed E-state index contributed by atoms with van der Waals surface area (Å²) in [5, 5.41) is 9.62. The highest BCUT2D eigenvalue weighted by molar-refractivity contribution is 7.44. The van der Waals surface area contributed by atoms with Gasteiger partial charge in [0, 0.05) is 48.9 Å². The number of rotatable bonds is 24. The second kappa shape index (κ2) is 25.2. The summed E-state index contributed by atoms with van der Waals surface area (Å²) in [5.74, 6) is 1.81. The van der Waals surface area contributed by atoms with Crippen LogP contribution in [0.15, 0.2) is 162 Å². The van der Waals surface area contributed by atoms with E-state index in [9.17, 15) is 14.9 Å². The fraction of sp³-hybridized carbons (Fsp3) is 0.321. The van der Waals surface area contributed by atoms with E-state index in [4.69, 9.17) is 42.5 Å². The van der Waals surface area contributed by atoms with E-state index in [1.54, 1.807) is 38.7 Å². The zero-order valence-corrected chi connectivity index (χ0v) is 43.0. The monoisotopic (exact) mass is 1020 g/mol. The molecule has 1 aliphatic heterocycles. The molecule has 0 saturated carbocycles. The van der Waals surface area contributed by atoms with E-state index in [1.165, 1.54) is 16.8 Å². The third kappa shape index (κ3) is 12.4. The Labute approximate surface area is 431 Å². The summed E-state index contributed by atoms with van der Waals surface area (Å²) in [4.78, 5) is 42.7. The van der Waals surface area contributed by atoms with Gasteiger partial charge in [0.1, 0.15) is 47.8 Å². The predicted octanol–water partition coefficient (Wildman–Crippen LogP) is 9.10. The normalized spacial score (nSPS) is 17.1. The first kappa shape index (κ1) is 53.2. The number of nitrogens with one attached hydrogen (secondary N) is 1. The molecule has 0 spiro atoms. The van der Waals surface area contributed by atoms with E-state index in [-0.39, 0.29) is 44.9 Å². The molecule has 0 bridgehead atoms. The molecule has 7 aromatic rings. The molecule has 1 saturated heterocycles. The third-order valence-corrected chi connectivity index (χ3v) is 14.4. The molecule has 0 amide bonds. The summed E-state index contributed by atoms with van der Waals surface area (Å²) in [6, 6.07) is 43.3. The molecule has 0 radical (unpaired) electrons. The Kier molecular flexibility index (Phi) is 18.1. The van der Waals surface area contributed by atoms with Crippen LogP contribution in [0, 0.1) is 11.3 Å². The zero-order chi connectivity index (χ0) is 52.0. The van der Waals surface area contributed by atoms with Crippen molar-refractivity contribution >= 4 is 8.53 Å². The van der Waals surface area contributed by atoms with Crippen molar-refractivity contribution in [3.05, 3.63) is 190 Å². The highest BCUT2D eigenvalue weighted by atomic mass is 31.2. The fourth-order valence-electron chi connectivity index (χ4n) is 8.90. The van der Waals surface area contributed by atoms with E-state index < -0.39 is 49.9 Å². The largest absolute Gasteiger partial charge is 0.497 e. The van der Waals surface area contributed by atoms with Gasteiger partial charge in [0.15, 0.2) is 6.23 Å². The fourth-order valence-corrected chi connectivity index (χ4v) is 10.7. The van der Waals surface area contributed by atoms with Crippen LogP contribution in [-0.2, 0) is 28.9 Å². The van der Waals surface area contributed by atoms with Crippen LogP contribution in [0.3, 0.4) is 0 Å². The number of H-pyrrole nitrogens is 1. The lowest BCUT2D eigenvalue weighted by Gasteiger charge is -2.39. The Morgan fingerprint density at radius 1 is 0.716 bits per heavy atom. The number of hydrogen-bond acceptors (Lipinski definition) is 15. The SMILES string of the molecule is COc1ccc(C(OC[C@H]2O[C@@H](n3ccc(=O)[nH]c3=O)[C@H](OCCOc3cc(-c4ccccn4)nc(-c4ccccn4)c3)[C@@H]2OP(OCCC#N)N(C(C)C)C(C)C)(c2ccccc2)c2ccc(OC)cc2)cc1. The highest BCUT2D eigenvalue weighted by Crippen LogP contribution is 2.51. The van der Waals surface area contributed by atoms with Gasteiger partial charge in [0.25, 0.3) is 14.1 Å². The van der Waals surface area contributed by atoms with Gasteiger partial charge in [-0.1, -0.05) is 66.7 Å². The number of pyridine rings is 3. The molecule has 384 valence electrons. The maximum atomic E-state index is 13.8. The lowest BCUT2D eigenvalue weighted by atomic mass is 9.80. The first-order chi connectivity index (χ1) is 36.0. The maximum absolute atomic E-state index is 13.8. The Bertz CT molecular complexity index is 2920. The van der Waals surface area contributed by atoms with E-state index in [0.717, 1.165) is 16.7 Å². The van der Waals surface area contributed by atoms with Crippen LogP contribution in [0.1, 0.15) is 57.0 Å². The van der Waals surface area contributed by atoms with E-state index in [1.807, 2.05) is 143 Å². The zero-order valence-electron chi connectivity index (χ0n) is 42.1. The first-order valence-corrected chi connectivity index (χ1v) is 25.5. The van der Waals surface area contributed by atoms with Crippen molar-refractivity contribution in [2.24, 2.45) is 0 Å². The summed E-state index contributed by atoms with van der Waals surface area (Å²) < 4.78 is 56.0. The Balaban J connectivity index is 1.20.